The Labute approximate surface area is 135 Å². The van der Waals surface area contributed by atoms with Crippen molar-refractivity contribution in [2.24, 2.45) is 4.99 Å². The van der Waals surface area contributed by atoms with Crippen LogP contribution < -0.4 is 10.1 Å². The van der Waals surface area contributed by atoms with Crippen LogP contribution in [0.1, 0.15) is 24.5 Å². The van der Waals surface area contributed by atoms with Crippen molar-refractivity contribution in [2.75, 3.05) is 13.3 Å². The van der Waals surface area contributed by atoms with Gasteiger partial charge in [0.1, 0.15) is 13.3 Å². The van der Waals surface area contributed by atoms with E-state index in [1.54, 1.807) is 18.5 Å². The number of allylic oxidation sites excluding steroid dienone is 2. The van der Waals surface area contributed by atoms with E-state index in [-0.39, 0.29) is 6.61 Å². The van der Waals surface area contributed by atoms with E-state index in [4.69, 9.17) is 10.1 Å². The van der Waals surface area contributed by atoms with E-state index >= 15 is 0 Å². The van der Waals surface area contributed by atoms with Crippen LogP contribution in [0.15, 0.2) is 41.3 Å². The van der Waals surface area contributed by atoms with Crippen LogP contribution >= 0.6 is 0 Å². The van der Waals surface area contributed by atoms with Gasteiger partial charge in [0.15, 0.2) is 0 Å². The summed E-state index contributed by atoms with van der Waals surface area (Å²) in [5.41, 5.74) is 4.01. The van der Waals surface area contributed by atoms with Gasteiger partial charge in [-0.2, -0.15) is 0 Å². The summed E-state index contributed by atoms with van der Waals surface area (Å²) in [6.07, 6.45) is 7.63. The Kier molecular flexibility index (Phi) is 6.02. The Morgan fingerprint density at radius 3 is 2.96 bits per heavy atom. The zero-order valence-corrected chi connectivity index (χ0v) is 13.4. The summed E-state index contributed by atoms with van der Waals surface area (Å²) < 4.78 is 17.3. The van der Waals surface area contributed by atoms with Crippen LogP contribution in [-0.2, 0) is 6.54 Å². The molecule has 1 aromatic rings. The highest BCUT2D eigenvalue weighted by molar-refractivity contribution is 6.28. The predicted molar refractivity (Wildman–Crippen MR) is 90.0 cm³/mol. The van der Waals surface area contributed by atoms with Crippen LogP contribution in [0, 0.1) is 12.3 Å². The number of rotatable bonds is 7. The first kappa shape index (κ1) is 16.9. The Hall–Kier alpha value is -2.50. The van der Waals surface area contributed by atoms with Crippen molar-refractivity contribution < 1.29 is 9.13 Å². The van der Waals surface area contributed by atoms with Crippen molar-refractivity contribution in [3.63, 3.8) is 0 Å². The van der Waals surface area contributed by atoms with Gasteiger partial charge in [0.05, 0.1) is 11.4 Å². The highest BCUT2D eigenvalue weighted by Gasteiger charge is 2.11. The molecule has 0 atom stereocenters. The maximum Gasteiger partial charge on any atom is 0.216 e. The number of nitrogens with zero attached hydrogens (tertiary/aromatic N) is 2. The maximum atomic E-state index is 12.1. The minimum atomic E-state index is -0.528. The van der Waals surface area contributed by atoms with Gasteiger partial charge >= 0.3 is 0 Å². The van der Waals surface area contributed by atoms with Crippen LogP contribution in [0.25, 0.3) is 0 Å². The maximum absolute atomic E-state index is 12.1. The first-order chi connectivity index (χ1) is 11.2. The van der Waals surface area contributed by atoms with Gasteiger partial charge in [0, 0.05) is 36.3 Å². The average molecular weight is 316 g/mol. The monoisotopic (exact) mass is 316 g/mol. The number of aromatic nitrogens is 1. The summed E-state index contributed by atoms with van der Waals surface area (Å²) in [5, 5.41) is 11.2. The highest BCUT2D eigenvalue weighted by Crippen LogP contribution is 2.15. The molecule has 1 aliphatic rings. The van der Waals surface area contributed by atoms with Crippen LogP contribution in [-0.4, -0.2) is 29.7 Å². The lowest BCUT2D eigenvalue weighted by Crippen LogP contribution is -2.17. The lowest BCUT2D eigenvalue weighted by molar-refractivity contribution is 0.263. The van der Waals surface area contributed by atoms with Gasteiger partial charge in [-0.3, -0.25) is 4.99 Å². The smallest absolute Gasteiger partial charge is 0.216 e. The molecule has 2 N–H and O–H groups in total. The lowest BCUT2D eigenvalue weighted by Gasteiger charge is -2.12. The first-order valence-electron chi connectivity index (χ1n) is 7.56. The van der Waals surface area contributed by atoms with Crippen LogP contribution in [0.4, 0.5) is 4.39 Å². The Morgan fingerprint density at radius 2 is 2.26 bits per heavy atom. The number of hydrogen-bond acceptors (Lipinski definition) is 5. The van der Waals surface area contributed by atoms with Gasteiger partial charge in [-0.15, -0.1) is 0 Å². The van der Waals surface area contributed by atoms with Crippen molar-refractivity contribution in [2.45, 2.75) is 26.8 Å². The fourth-order valence-electron chi connectivity index (χ4n) is 2.23. The molecule has 0 saturated carbocycles. The van der Waals surface area contributed by atoms with Gasteiger partial charge in [-0.1, -0.05) is 6.92 Å². The van der Waals surface area contributed by atoms with Gasteiger partial charge < -0.3 is 15.5 Å². The quantitative estimate of drug-likeness (QED) is 0.812. The zero-order valence-electron chi connectivity index (χ0n) is 13.4. The third-order valence-corrected chi connectivity index (χ3v) is 3.36. The first-order valence-corrected chi connectivity index (χ1v) is 7.56. The molecule has 0 unspecified atom stereocenters. The molecule has 2 heterocycles. The van der Waals surface area contributed by atoms with Crippen LogP contribution in [0.5, 0.6) is 5.88 Å². The Bertz CT molecular complexity index is 665. The largest absolute Gasteiger partial charge is 0.475 e. The number of aliphatic imine (C=N–C) groups is 1. The molecule has 0 spiro atoms. The van der Waals surface area contributed by atoms with E-state index in [0.717, 1.165) is 28.8 Å². The summed E-state index contributed by atoms with van der Waals surface area (Å²) in [7, 11) is 0. The van der Waals surface area contributed by atoms with Crippen molar-refractivity contribution in [3.05, 3.63) is 47.4 Å². The molecule has 0 aliphatic carbocycles. The zero-order chi connectivity index (χ0) is 16.7. The molecule has 2 rings (SSSR count). The Balaban J connectivity index is 1.99. The topological polar surface area (TPSA) is 70.4 Å². The van der Waals surface area contributed by atoms with Crippen molar-refractivity contribution in [3.8, 4) is 5.88 Å². The molecule has 1 aliphatic heterocycles. The minimum Gasteiger partial charge on any atom is -0.475 e. The summed E-state index contributed by atoms with van der Waals surface area (Å²) in [6, 6.07) is 1.95. The van der Waals surface area contributed by atoms with Crippen molar-refractivity contribution >= 4 is 11.4 Å². The molecule has 122 valence electrons. The number of hydrogen-bond donors (Lipinski definition) is 2. The van der Waals surface area contributed by atoms with E-state index in [9.17, 15) is 4.39 Å². The molecule has 0 radical (unpaired) electrons. The van der Waals surface area contributed by atoms with E-state index in [1.807, 2.05) is 26.1 Å². The second-order valence-electron chi connectivity index (χ2n) is 5.10. The molecular weight excluding hydrogens is 295 g/mol. The molecule has 0 bridgehead atoms. The number of halogens is 1. The van der Waals surface area contributed by atoms with Gasteiger partial charge in [0.25, 0.3) is 0 Å². The minimum absolute atomic E-state index is 0.0201. The number of pyridine rings is 1. The molecule has 0 aromatic carbocycles. The van der Waals surface area contributed by atoms with Crippen LogP contribution in [0.2, 0.25) is 0 Å². The molecule has 23 heavy (non-hydrogen) atoms. The number of ether oxygens (including phenoxy) is 1. The average Bonchev–Trinajstić information content (AvgIpc) is 2.55. The lowest BCUT2D eigenvalue weighted by atomic mass is 10.0. The Morgan fingerprint density at radius 1 is 1.43 bits per heavy atom. The van der Waals surface area contributed by atoms with Crippen molar-refractivity contribution in [1.82, 2.24) is 10.3 Å². The third-order valence-electron chi connectivity index (χ3n) is 3.36. The highest BCUT2D eigenvalue weighted by atomic mass is 19.1. The van der Waals surface area contributed by atoms with Gasteiger partial charge in [-0.05, 0) is 31.1 Å². The number of aryl methyl sites for hydroxylation is 1. The standard InChI is InChI=1S/C17H21FN4O/c1-3-16-14(15(19)4-6-21-16)11-20-9-13-8-12(2)17(22-10-13)23-7-5-18/h4,6,8,10-11,19-20H,3,5,7,9H2,1-2H3/b14-11+,19-15?. The summed E-state index contributed by atoms with van der Waals surface area (Å²) in [4.78, 5) is 8.49. The molecule has 5 nitrogen and oxygen atoms in total. The summed E-state index contributed by atoms with van der Waals surface area (Å²) in [6.45, 7) is 3.97. The van der Waals surface area contributed by atoms with Gasteiger partial charge in [0.2, 0.25) is 5.88 Å². The molecule has 0 saturated heterocycles. The van der Waals surface area contributed by atoms with E-state index in [2.05, 4.69) is 15.3 Å². The molecule has 6 heteroatoms. The van der Waals surface area contributed by atoms with E-state index < -0.39 is 6.67 Å². The molecule has 0 amide bonds. The second kappa shape index (κ2) is 8.22. The van der Waals surface area contributed by atoms with E-state index in [0.29, 0.717) is 18.1 Å². The predicted octanol–water partition coefficient (Wildman–Crippen LogP) is 3.11. The third kappa shape index (κ3) is 4.48. The fourth-order valence-corrected chi connectivity index (χ4v) is 2.23. The SMILES string of the molecule is CCC1=NC=CC(=N)/C1=C\NCc1cnc(OCCF)c(C)c1. The number of nitrogens with one attached hydrogen (secondary N) is 2. The molecule has 0 fully saturated rings. The fraction of sp³-hybridized carbons (Fsp3) is 0.353. The molecule has 1 aromatic heterocycles. The second-order valence-corrected chi connectivity index (χ2v) is 5.10. The number of alkyl halides is 1. The molecular formula is C17H21FN4O. The van der Waals surface area contributed by atoms with Gasteiger partial charge in [-0.25, -0.2) is 9.37 Å². The van der Waals surface area contributed by atoms with E-state index in [1.165, 1.54) is 0 Å². The normalized spacial score (nSPS) is 15.7. The van der Waals surface area contributed by atoms with Crippen LogP contribution in [0.3, 0.4) is 0 Å². The summed E-state index contributed by atoms with van der Waals surface area (Å²) in [5.74, 6) is 0.462. The summed E-state index contributed by atoms with van der Waals surface area (Å²) >= 11 is 0. The van der Waals surface area contributed by atoms with Crippen molar-refractivity contribution in [1.29, 1.82) is 5.41 Å².